The van der Waals surface area contributed by atoms with E-state index < -0.39 is 6.04 Å². The standard InChI is InChI=1S/C9H20N2O2/c1-7(2)8(10)9(12)13-6-5-11(3)4/h7-8H,5-6,10H2,1-4H3/t8-/m0/s1. The lowest BCUT2D eigenvalue weighted by Crippen LogP contribution is -2.38. The number of ether oxygens (including phenoxy) is 1. The molecule has 0 rings (SSSR count). The first-order valence-corrected chi connectivity index (χ1v) is 4.52. The summed E-state index contributed by atoms with van der Waals surface area (Å²) in [7, 11) is 3.85. The third kappa shape index (κ3) is 5.60. The molecule has 78 valence electrons. The average Bonchev–Trinajstić information content (AvgIpc) is 2.02. The Morgan fingerprint density at radius 2 is 2.00 bits per heavy atom. The van der Waals surface area contributed by atoms with Crippen LogP contribution < -0.4 is 5.73 Å². The van der Waals surface area contributed by atoms with Gasteiger partial charge in [0.1, 0.15) is 12.6 Å². The maximum atomic E-state index is 11.2. The van der Waals surface area contributed by atoms with Crippen molar-refractivity contribution in [3.63, 3.8) is 0 Å². The van der Waals surface area contributed by atoms with E-state index in [1.165, 1.54) is 0 Å². The molecule has 4 nitrogen and oxygen atoms in total. The summed E-state index contributed by atoms with van der Waals surface area (Å²) in [5.41, 5.74) is 5.59. The lowest BCUT2D eigenvalue weighted by molar-refractivity contribution is -0.146. The number of hydrogen-bond donors (Lipinski definition) is 1. The largest absolute Gasteiger partial charge is 0.463 e. The molecular formula is C9H20N2O2. The van der Waals surface area contributed by atoms with Gasteiger partial charge in [0.15, 0.2) is 0 Å². The minimum atomic E-state index is -0.498. The zero-order valence-electron chi connectivity index (χ0n) is 8.91. The average molecular weight is 188 g/mol. The van der Waals surface area contributed by atoms with Gasteiger partial charge in [0, 0.05) is 6.54 Å². The van der Waals surface area contributed by atoms with E-state index >= 15 is 0 Å². The second-order valence-corrected chi connectivity index (χ2v) is 3.74. The zero-order chi connectivity index (χ0) is 10.4. The molecule has 0 aliphatic heterocycles. The molecule has 0 fully saturated rings. The van der Waals surface area contributed by atoms with Gasteiger partial charge in [-0.05, 0) is 20.0 Å². The topological polar surface area (TPSA) is 55.6 Å². The number of esters is 1. The van der Waals surface area contributed by atoms with Crippen molar-refractivity contribution in [1.82, 2.24) is 4.90 Å². The van der Waals surface area contributed by atoms with Crippen LogP contribution in [0.2, 0.25) is 0 Å². The molecule has 4 heteroatoms. The van der Waals surface area contributed by atoms with Crippen molar-refractivity contribution in [1.29, 1.82) is 0 Å². The second-order valence-electron chi connectivity index (χ2n) is 3.74. The molecule has 2 N–H and O–H groups in total. The Morgan fingerprint density at radius 1 is 1.46 bits per heavy atom. The van der Waals surface area contributed by atoms with Crippen LogP contribution in [0.25, 0.3) is 0 Å². The quantitative estimate of drug-likeness (QED) is 0.621. The van der Waals surface area contributed by atoms with Crippen LogP contribution in [0.1, 0.15) is 13.8 Å². The van der Waals surface area contributed by atoms with Gasteiger partial charge >= 0.3 is 5.97 Å². The van der Waals surface area contributed by atoms with Crippen LogP contribution >= 0.6 is 0 Å². The van der Waals surface area contributed by atoms with Crippen LogP contribution in [0.4, 0.5) is 0 Å². The van der Waals surface area contributed by atoms with Gasteiger partial charge in [-0.2, -0.15) is 0 Å². The van der Waals surface area contributed by atoms with E-state index in [-0.39, 0.29) is 11.9 Å². The summed E-state index contributed by atoms with van der Waals surface area (Å²) in [5.74, 6) is -0.177. The van der Waals surface area contributed by atoms with E-state index in [2.05, 4.69) is 0 Å². The van der Waals surface area contributed by atoms with Gasteiger partial charge in [-0.25, -0.2) is 0 Å². The number of nitrogens with two attached hydrogens (primary N) is 1. The van der Waals surface area contributed by atoms with E-state index in [9.17, 15) is 4.79 Å². The molecule has 1 atom stereocenters. The minimum absolute atomic E-state index is 0.131. The molecule has 0 amide bonds. The first kappa shape index (κ1) is 12.4. The number of nitrogens with zero attached hydrogens (tertiary/aromatic N) is 1. The summed E-state index contributed by atoms with van der Waals surface area (Å²) in [6.07, 6.45) is 0. The fourth-order valence-corrected chi connectivity index (χ4v) is 0.697. The highest BCUT2D eigenvalue weighted by Gasteiger charge is 2.18. The third-order valence-electron chi connectivity index (χ3n) is 1.77. The minimum Gasteiger partial charge on any atom is -0.463 e. The smallest absolute Gasteiger partial charge is 0.323 e. The van der Waals surface area contributed by atoms with Gasteiger partial charge in [0.2, 0.25) is 0 Å². The summed E-state index contributed by atoms with van der Waals surface area (Å²) in [6.45, 7) is 4.94. The molecule has 0 bridgehead atoms. The monoisotopic (exact) mass is 188 g/mol. The van der Waals surface area contributed by atoms with Crippen LogP contribution in [0.5, 0.6) is 0 Å². The van der Waals surface area contributed by atoms with E-state index in [1.807, 2.05) is 32.8 Å². The molecule has 0 aliphatic carbocycles. The number of likely N-dealkylation sites (N-methyl/N-ethyl adjacent to an activating group) is 1. The predicted octanol–water partition coefficient (Wildman–Crippen LogP) is 0.0745. The third-order valence-corrected chi connectivity index (χ3v) is 1.77. The summed E-state index contributed by atoms with van der Waals surface area (Å²) in [5, 5.41) is 0. The summed E-state index contributed by atoms with van der Waals surface area (Å²) < 4.78 is 4.97. The normalized spacial score (nSPS) is 13.5. The fraction of sp³-hybridized carbons (Fsp3) is 0.889. The maximum absolute atomic E-state index is 11.2. The highest BCUT2D eigenvalue weighted by atomic mass is 16.5. The van der Waals surface area contributed by atoms with Crippen LogP contribution in [0.15, 0.2) is 0 Å². The lowest BCUT2D eigenvalue weighted by Gasteiger charge is -2.15. The van der Waals surface area contributed by atoms with E-state index in [1.54, 1.807) is 0 Å². The molecule has 0 saturated heterocycles. The molecule has 0 aromatic rings. The molecule has 0 radical (unpaired) electrons. The van der Waals surface area contributed by atoms with Gasteiger partial charge in [-0.15, -0.1) is 0 Å². The fourth-order valence-electron chi connectivity index (χ4n) is 0.697. The van der Waals surface area contributed by atoms with Gasteiger partial charge in [0.25, 0.3) is 0 Å². The number of carbonyl (C=O) groups is 1. The molecular weight excluding hydrogens is 168 g/mol. The maximum Gasteiger partial charge on any atom is 0.323 e. The van der Waals surface area contributed by atoms with Gasteiger partial charge < -0.3 is 15.4 Å². The highest BCUT2D eigenvalue weighted by molar-refractivity contribution is 5.75. The number of hydrogen-bond acceptors (Lipinski definition) is 4. The van der Waals surface area contributed by atoms with Gasteiger partial charge in [-0.1, -0.05) is 13.8 Å². The predicted molar refractivity (Wildman–Crippen MR) is 52.3 cm³/mol. The van der Waals surface area contributed by atoms with Crippen LogP contribution in [0.3, 0.4) is 0 Å². The Hall–Kier alpha value is -0.610. The first-order valence-electron chi connectivity index (χ1n) is 4.52. The van der Waals surface area contributed by atoms with E-state index in [4.69, 9.17) is 10.5 Å². The number of carbonyl (C=O) groups excluding carboxylic acids is 1. The van der Waals surface area contributed by atoms with Crippen LogP contribution in [-0.4, -0.2) is 44.2 Å². The number of rotatable bonds is 5. The van der Waals surface area contributed by atoms with Crippen molar-refractivity contribution in [2.24, 2.45) is 11.7 Å². The molecule has 0 saturated carbocycles. The van der Waals surface area contributed by atoms with Crippen molar-refractivity contribution in [3.05, 3.63) is 0 Å². The van der Waals surface area contributed by atoms with Gasteiger partial charge in [0.05, 0.1) is 0 Å². The van der Waals surface area contributed by atoms with Crippen molar-refractivity contribution in [3.8, 4) is 0 Å². The van der Waals surface area contributed by atoms with Crippen LogP contribution in [0, 0.1) is 5.92 Å². The first-order chi connectivity index (χ1) is 5.95. The Bertz CT molecular complexity index is 158. The molecule has 0 unspecified atom stereocenters. The second kappa shape index (κ2) is 5.94. The molecule has 0 aromatic heterocycles. The molecule has 13 heavy (non-hydrogen) atoms. The van der Waals surface area contributed by atoms with Crippen molar-refractivity contribution in [2.75, 3.05) is 27.2 Å². The Balaban J connectivity index is 3.62. The Labute approximate surface area is 80.0 Å². The van der Waals surface area contributed by atoms with Crippen molar-refractivity contribution < 1.29 is 9.53 Å². The van der Waals surface area contributed by atoms with Crippen LogP contribution in [-0.2, 0) is 9.53 Å². The zero-order valence-corrected chi connectivity index (χ0v) is 8.91. The highest BCUT2D eigenvalue weighted by Crippen LogP contribution is 2.00. The summed E-state index contributed by atoms with van der Waals surface area (Å²) >= 11 is 0. The van der Waals surface area contributed by atoms with E-state index in [0.29, 0.717) is 6.61 Å². The summed E-state index contributed by atoms with van der Waals surface area (Å²) in [4.78, 5) is 13.2. The summed E-state index contributed by atoms with van der Waals surface area (Å²) in [6, 6.07) is -0.498. The van der Waals surface area contributed by atoms with Gasteiger partial charge in [-0.3, -0.25) is 4.79 Å². The molecule has 0 heterocycles. The SMILES string of the molecule is CC(C)[C@H](N)C(=O)OCCN(C)C. The van der Waals surface area contributed by atoms with Crippen molar-refractivity contribution >= 4 is 5.97 Å². The van der Waals surface area contributed by atoms with Crippen molar-refractivity contribution in [2.45, 2.75) is 19.9 Å². The molecule has 0 spiro atoms. The Kier molecular flexibility index (Phi) is 5.66. The lowest BCUT2D eigenvalue weighted by atomic mass is 10.1. The molecule has 0 aliphatic rings. The van der Waals surface area contributed by atoms with E-state index in [0.717, 1.165) is 6.54 Å². The molecule has 0 aromatic carbocycles. The Morgan fingerprint density at radius 3 is 2.38 bits per heavy atom.